The maximum atomic E-state index is 13.3. The van der Waals surface area contributed by atoms with Crippen LogP contribution in [-0.4, -0.2) is 83.8 Å². The van der Waals surface area contributed by atoms with Crippen molar-refractivity contribution in [3.05, 3.63) is 5.82 Å². The zero-order valence-electron chi connectivity index (χ0n) is 20.8. The fourth-order valence-electron chi connectivity index (χ4n) is 4.70. The molecule has 5 N–H and O–H groups in total. The summed E-state index contributed by atoms with van der Waals surface area (Å²) in [5.41, 5.74) is -2.89. The summed E-state index contributed by atoms with van der Waals surface area (Å²) in [4.78, 5) is 53.4. The Morgan fingerprint density at radius 3 is 2.39 bits per heavy atom. The number of alkyl halides is 3. The molecular formula is C21H28F3N5O7S2. The number of aromatic amines is 1. The van der Waals surface area contributed by atoms with Gasteiger partial charge in [0, 0.05) is 11.2 Å². The van der Waals surface area contributed by atoms with Crippen LogP contribution in [0.1, 0.15) is 39.4 Å². The highest BCUT2D eigenvalue weighted by molar-refractivity contribution is 7.99. The molecule has 2 aliphatic rings. The van der Waals surface area contributed by atoms with E-state index in [0.717, 1.165) is 11.8 Å². The number of carbonyl (C=O) groups is 4. The quantitative estimate of drug-likeness (QED) is 0.272. The van der Waals surface area contributed by atoms with Crippen molar-refractivity contribution in [2.45, 2.75) is 67.4 Å². The van der Waals surface area contributed by atoms with E-state index in [9.17, 15) is 42.6 Å². The lowest BCUT2D eigenvalue weighted by Gasteiger charge is -2.32. The average Bonchev–Trinajstić information content (AvgIpc) is 3.21. The molecule has 212 valence electrons. The number of nitrogens with zero attached hydrogens (tertiary/aromatic N) is 2. The molecule has 38 heavy (non-hydrogen) atoms. The molecule has 2 saturated carbocycles. The number of H-pyrrole nitrogens is 1. The van der Waals surface area contributed by atoms with Gasteiger partial charge in [-0.25, -0.2) is 9.59 Å². The predicted octanol–water partition coefficient (Wildman–Crippen LogP) is 2.22. The van der Waals surface area contributed by atoms with Crippen LogP contribution in [0.4, 0.5) is 18.0 Å². The topological polar surface area (TPSA) is 184 Å². The summed E-state index contributed by atoms with van der Waals surface area (Å²) in [6, 6.07) is -1.18. The Morgan fingerprint density at radius 2 is 1.89 bits per heavy atom. The Hall–Kier alpha value is -2.69. The molecule has 6 atom stereocenters. The number of hydrogen-bond donors (Lipinski definition) is 5. The van der Waals surface area contributed by atoms with Gasteiger partial charge in [0.25, 0.3) is 0 Å². The van der Waals surface area contributed by atoms with E-state index in [1.165, 1.54) is 11.8 Å². The number of aromatic nitrogens is 3. The van der Waals surface area contributed by atoms with E-state index in [2.05, 4.69) is 20.7 Å². The maximum absolute atomic E-state index is 13.3. The lowest BCUT2D eigenvalue weighted by atomic mass is 9.89. The van der Waals surface area contributed by atoms with Crippen molar-refractivity contribution in [3.8, 4) is 0 Å². The van der Waals surface area contributed by atoms with Gasteiger partial charge in [0.1, 0.15) is 17.2 Å². The number of aliphatic carboxylic acids is 2. The Kier molecular flexibility index (Phi) is 8.50. The number of hydrogen-bond acceptors (Lipinski definition) is 9. The molecule has 0 aliphatic heterocycles. The Morgan fingerprint density at radius 1 is 1.24 bits per heavy atom. The van der Waals surface area contributed by atoms with E-state index < -0.39 is 76.1 Å². The molecule has 3 rings (SSSR count). The highest BCUT2D eigenvalue weighted by Gasteiger charge is 2.76. The molecule has 0 saturated heterocycles. The smallest absolute Gasteiger partial charge is 0.451 e. The summed E-state index contributed by atoms with van der Waals surface area (Å²) < 4.78 is 43.9. The molecule has 0 aromatic carbocycles. The Balaban J connectivity index is 1.84. The first-order valence-electron chi connectivity index (χ1n) is 11.4. The van der Waals surface area contributed by atoms with Crippen molar-refractivity contribution in [2.24, 2.45) is 17.8 Å². The SMILES string of the molecule is CSCCC(NC(=O)OC(C)(C)C)C(=O)N[C@@]1(C(=O)O)C[C@@H](Sc2n[nH]c(C(F)(F)F)n2)[C@H]2[C@H](C(=O)O)[C@H]21. The van der Waals surface area contributed by atoms with Crippen LogP contribution in [0.5, 0.6) is 0 Å². The first-order valence-corrected chi connectivity index (χ1v) is 13.7. The lowest BCUT2D eigenvalue weighted by molar-refractivity contribution is -0.150. The molecule has 1 unspecified atom stereocenters. The number of alkyl carbamates (subject to hydrolysis) is 1. The standard InChI is InChI=1S/C21H28F3N5O7S2/c1-19(2,3)36-18(35)25-8(5-6-37-4)13(30)27-20(16(33)34)7-9(10-11(12(10)20)14(31)32)38-17-26-15(28-29-17)21(22,23)24/h8-12H,5-7H2,1-4H3,(H,25,35)(H,27,30)(H,31,32)(H,33,34)(H,26,28,29)/t8?,9-,10+,11+,12+,20+/m1/s1. The normalized spacial score (nSPS) is 27.2. The van der Waals surface area contributed by atoms with Crippen LogP contribution < -0.4 is 10.6 Å². The molecule has 2 aliphatic carbocycles. The number of rotatable bonds is 10. The van der Waals surface area contributed by atoms with E-state index in [0.29, 0.717) is 5.75 Å². The average molecular weight is 584 g/mol. The highest BCUT2D eigenvalue weighted by Crippen LogP contribution is 2.66. The van der Waals surface area contributed by atoms with Crippen LogP contribution >= 0.6 is 23.5 Å². The minimum absolute atomic E-state index is 0.133. The van der Waals surface area contributed by atoms with Gasteiger partial charge in [0.05, 0.1) is 5.92 Å². The second-order valence-corrected chi connectivity index (χ2v) is 12.2. The number of carboxylic acids is 2. The summed E-state index contributed by atoms with van der Waals surface area (Å²) in [5, 5.41) is 28.9. The number of ether oxygens (including phenoxy) is 1. The Bertz CT molecular complexity index is 1100. The van der Waals surface area contributed by atoms with Crippen molar-refractivity contribution >= 4 is 47.5 Å². The summed E-state index contributed by atoms with van der Waals surface area (Å²) in [6.45, 7) is 4.89. The summed E-state index contributed by atoms with van der Waals surface area (Å²) in [6.07, 6.45) is -4.04. The number of amides is 2. The number of nitrogens with one attached hydrogen (secondary N) is 3. The monoisotopic (exact) mass is 583 g/mol. The number of carboxylic acid groups (broad SMARTS) is 2. The van der Waals surface area contributed by atoms with E-state index in [-0.39, 0.29) is 18.0 Å². The lowest BCUT2D eigenvalue weighted by Crippen LogP contribution is -2.61. The number of fused-ring (bicyclic) bond motifs is 1. The molecular weight excluding hydrogens is 555 g/mol. The van der Waals surface area contributed by atoms with E-state index in [4.69, 9.17) is 4.74 Å². The zero-order chi connectivity index (χ0) is 28.6. The van der Waals surface area contributed by atoms with Gasteiger partial charge in [-0.2, -0.15) is 29.9 Å². The molecule has 17 heteroatoms. The predicted molar refractivity (Wildman–Crippen MR) is 128 cm³/mol. The van der Waals surface area contributed by atoms with Gasteiger partial charge in [-0.3, -0.25) is 14.7 Å². The molecule has 0 radical (unpaired) electrons. The molecule has 1 aromatic rings. The van der Waals surface area contributed by atoms with Gasteiger partial charge >= 0.3 is 24.2 Å². The van der Waals surface area contributed by atoms with Gasteiger partial charge in [0.15, 0.2) is 0 Å². The highest BCUT2D eigenvalue weighted by atomic mass is 32.2. The van der Waals surface area contributed by atoms with Crippen molar-refractivity contribution < 1.29 is 47.3 Å². The van der Waals surface area contributed by atoms with Gasteiger partial charge in [0.2, 0.25) is 16.9 Å². The van der Waals surface area contributed by atoms with Crippen LogP contribution in [0.2, 0.25) is 0 Å². The second-order valence-electron chi connectivity index (χ2n) is 10.0. The number of halogens is 3. The summed E-state index contributed by atoms with van der Waals surface area (Å²) in [5.74, 6) is -7.47. The van der Waals surface area contributed by atoms with Crippen molar-refractivity contribution in [1.29, 1.82) is 0 Å². The van der Waals surface area contributed by atoms with Crippen LogP contribution in [-0.2, 0) is 25.3 Å². The van der Waals surface area contributed by atoms with Crippen LogP contribution in [0, 0.1) is 17.8 Å². The number of thioether (sulfide) groups is 2. The van der Waals surface area contributed by atoms with Gasteiger partial charge < -0.3 is 25.6 Å². The van der Waals surface area contributed by atoms with E-state index in [1.54, 1.807) is 32.1 Å². The zero-order valence-corrected chi connectivity index (χ0v) is 22.4. The molecule has 2 amide bonds. The van der Waals surface area contributed by atoms with Gasteiger partial charge in [-0.1, -0.05) is 11.8 Å². The van der Waals surface area contributed by atoms with Crippen LogP contribution in [0.3, 0.4) is 0 Å². The molecule has 1 heterocycles. The minimum atomic E-state index is -4.78. The van der Waals surface area contributed by atoms with Crippen molar-refractivity contribution in [3.63, 3.8) is 0 Å². The van der Waals surface area contributed by atoms with Gasteiger partial charge in [-0.15, -0.1) is 5.10 Å². The van der Waals surface area contributed by atoms with Crippen molar-refractivity contribution in [2.75, 3.05) is 12.0 Å². The first-order chi connectivity index (χ1) is 17.5. The third kappa shape index (κ3) is 6.47. The number of carbonyl (C=O) groups excluding carboxylic acids is 2. The second kappa shape index (κ2) is 10.8. The van der Waals surface area contributed by atoms with E-state index in [1.807, 2.05) is 0 Å². The van der Waals surface area contributed by atoms with Crippen molar-refractivity contribution in [1.82, 2.24) is 25.8 Å². The minimum Gasteiger partial charge on any atom is -0.481 e. The third-order valence-corrected chi connectivity index (χ3v) is 8.04. The third-order valence-electron chi connectivity index (χ3n) is 6.22. The largest absolute Gasteiger partial charge is 0.481 e. The molecule has 1 aromatic heterocycles. The summed E-state index contributed by atoms with van der Waals surface area (Å²) in [7, 11) is 0. The van der Waals surface area contributed by atoms with Crippen LogP contribution in [0.15, 0.2) is 5.16 Å². The fourth-order valence-corrected chi connectivity index (χ4v) is 6.53. The fraction of sp³-hybridized carbons (Fsp3) is 0.714. The molecule has 0 spiro atoms. The molecule has 12 nitrogen and oxygen atoms in total. The first kappa shape index (κ1) is 29.9. The van der Waals surface area contributed by atoms with E-state index >= 15 is 0 Å². The molecule has 0 bridgehead atoms. The molecule has 2 fully saturated rings. The maximum Gasteiger partial charge on any atom is 0.451 e. The Labute approximate surface area is 223 Å². The summed E-state index contributed by atoms with van der Waals surface area (Å²) >= 11 is 2.11. The van der Waals surface area contributed by atoms with Gasteiger partial charge in [-0.05, 0) is 51.5 Å². The van der Waals surface area contributed by atoms with Crippen LogP contribution in [0.25, 0.3) is 0 Å².